The van der Waals surface area contributed by atoms with E-state index in [1.165, 1.54) is 0 Å². The molecule has 1 aliphatic heterocycles. The molecule has 0 unspecified atom stereocenters. The van der Waals surface area contributed by atoms with E-state index >= 15 is 0 Å². The highest BCUT2D eigenvalue weighted by Gasteiger charge is 2.32. The lowest BCUT2D eigenvalue weighted by molar-refractivity contribution is -0.139. The van der Waals surface area contributed by atoms with Crippen molar-refractivity contribution in [3.8, 4) is 34.0 Å². The summed E-state index contributed by atoms with van der Waals surface area (Å²) in [5.74, 6) is -0.522. The molecule has 1 amide bonds. The number of ether oxygens (including phenoxy) is 2. The maximum Gasteiger partial charge on any atom is 0.338 e. The van der Waals surface area contributed by atoms with Crippen molar-refractivity contribution >= 4 is 51.4 Å². The summed E-state index contributed by atoms with van der Waals surface area (Å²) in [7, 11) is 0. The van der Waals surface area contributed by atoms with E-state index in [0.717, 1.165) is 38.2 Å². The second-order valence-electron chi connectivity index (χ2n) is 11.3. The summed E-state index contributed by atoms with van der Waals surface area (Å²) in [5.41, 5.74) is 9.90. The summed E-state index contributed by atoms with van der Waals surface area (Å²) < 4.78 is 14.5. The number of aromatic nitrogens is 1. The quantitative estimate of drug-likeness (QED) is 0.0558. The molecule has 1 atom stereocenters. The van der Waals surface area contributed by atoms with Gasteiger partial charge in [-0.3, -0.25) is 4.79 Å². The number of allylic oxidation sites excluding steroid dienone is 1. The Labute approximate surface area is 304 Å². The Morgan fingerprint density at radius 2 is 1.60 bits per heavy atom. The molecule has 4 aromatic carbocycles. The largest absolute Gasteiger partial charge is 0.483 e. The maximum absolute atomic E-state index is 13.1. The standard InChI is InChI=1S/C39H34BrN5O4S/c1-3-48-38(47)35-25(2)42-39(50)43-36(35)31-16-10-11-17-33(31)49-24-34(46)44-41-23-28-22-32(26-12-6-4-7-13-26)45(30-20-18-29(40)19-21-30)37(28)27-14-8-5-9-15-27/h4-23,36H,3,24H2,1-2H3,(H,44,46)(H2,42,43,50)/t36-/m1/s1. The summed E-state index contributed by atoms with van der Waals surface area (Å²) in [6.45, 7) is 3.42. The number of carbonyl (C=O) groups excluding carboxylic acids is 2. The van der Waals surface area contributed by atoms with Gasteiger partial charge >= 0.3 is 5.97 Å². The summed E-state index contributed by atoms with van der Waals surface area (Å²) >= 11 is 8.94. The van der Waals surface area contributed by atoms with Crippen LogP contribution in [0.4, 0.5) is 0 Å². The lowest BCUT2D eigenvalue weighted by Gasteiger charge is -2.30. The van der Waals surface area contributed by atoms with E-state index in [-0.39, 0.29) is 13.2 Å². The molecule has 3 N–H and O–H groups in total. The van der Waals surface area contributed by atoms with Crippen LogP contribution in [-0.4, -0.2) is 41.0 Å². The van der Waals surface area contributed by atoms with Gasteiger partial charge in [-0.15, -0.1) is 0 Å². The number of carbonyl (C=O) groups is 2. The third kappa shape index (κ3) is 7.69. The smallest absolute Gasteiger partial charge is 0.338 e. The number of rotatable bonds is 11. The number of para-hydroxylation sites is 1. The van der Waals surface area contributed by atoms with Crippen molar-refractivity contribution in [1.82, 2.24) is 20.6 Å². The second-order valence-corrected chi connectivity index (χ2v) is 12.6. The average Bonchev–Trinajstić information content (AvgIpc) is 3.51. The fraction of sp³-hybridized carbons (Fsp3) is 0.128. The SMILES string of the molecule is CCOC(=O)C1=C(C)NC(=S)N[C@@H]1c1ccccc1OCC(=O)NN=Cc1cc(-c2ccccc2)n(-c2ccc(Br)cc2)c1-c1ccccc1. The summed E-state index contributed by atoms with van der Waals surface area (Å²) in [6.07, 6.45) is 1.65. The van der Waals surface area contributed by atoms with Crippen LogP contribution in [0, 0.1) is 0 Å². The average molecular weight is 749 g/mol. The van der Waals surface area contributed by atoms with E-state index < -0.39 is 17.9 Å². The third-order valence-electron chi connectivity index (χ3n) is 7.98. The number of nitrogens with one attached hydrogen (secondary N) is 3. The Balaban J connectivity index is 1.26. The van der Waals surface area contributed by atoms with Crippen molar-refractivity contribution in [2.24, 2.45) is 5.10 Å². The van der Waals surface area contributed by atoms with E-state index in [1.54, 1.807) is 32.2 Å². The van der Waals surface area contributed by atoms with Crippen LogP contribution in [0.2, 0.25) is 0 Å². The number of halogens is 1. The van der Waals surface area contributed by atoms with Crippen LogP contribution in [0.15, 0.2) is 136 Å². The molecule has 5 aromatic rings. The van der Waals surface area contributed by atoms with Crippen LogP contribution in [0.1, 0.15) is 31.0 Å². The van der Waals surface area contributed by atoms with Gasteiger partial charge in [-0.25, -0.2) is 10.2 Å². The molecule has 9 nitrogen and oxygen atoms in total. The van der Waals surface area contributed by atoms with Crippen LogP contribution < -0.4 is 20.8 Å². The zero-order valence-electron chi connectivity index (χ0n) is 27.4. The molecule has 0 saturated carbocycles. The minimum atomic E-state index is -0.634. The molecule has 252 valence electrons. The van der Waals surface area contributed by atoms with Crippen LogP contribution in [-0.2, 0) is 14.3 Å². The molecular formula is C39H34BrN5O4S. The predicted octanol–water partition coefficient (Wildman–Crippen LogP) is 7.46. The zero-order valence-corrected chi connectivity index (χ0v) is 29.8. The summed E-state index contributed by atoms with van der Waals surface area (Å²) in [5, 5.41) is 10.8. The van der Waals surface area contributed by atoms with Crippen molar-refractivity contribution in [2.75, 3.05) is 13.2 Å². The first-order chi connectivity index (χ1) is 24.3. The number of esters is 1. The van der Waals surface area contributed by atoms with Crippen molar-refractivity contribution in [2.45, 2.75) is 19.9 Å². The minimum absolute atomic E-state index is 0.223. The monoisotopic (exact) mass is 747 g/mol. The number of amides is 1. The minimum Gasteiger partial charge on any atom is -0.483 e. The van der Waals surface area contributed by atoms with Crippen LogP contribution >= 0.6 is 28.1 Å². The molecule has 0 radical (unpaired) electrons. The summed E-state index contributed by atoms with van der Waals surface area (Å²) in [4.78, 5) is 26.0. The van der Waals surface area contributed by atoms with Gasteiger partial charge in [-0.1, -0.05) is 94.8 Å². The van der Waals surface area contributed by atoms with Crippen LogP contribution in [0.5, 0.6) is 5.75 Å². The molecule has 11 heteroatoms. The normalized spacial score (nSPS) is 14.2. The van der Waals surface area contributed by atoms with Gasteiger partial charge in [-0.2, -0.15) is 5.10 Å². The molecule has 1 aromatic heterocycles. The van der Waals surface area contributed by atoms with E-state index in [2.05, 4.69) is 84.1 Å². The van der Waals surface area contributed by atoms with Crippen LogP contribution in [0.25, 0.3) is 28.2 Å². The Kier molecular flexibility index (Phi) is 10.9. The number of thiocarbonyl (C=S) groups is 1. The van der Waals surface area contributed by atoms with Gasteiger partial charge in [0.05, 0.1) is 35.8 Å². The molecule has 1 aliphatic rings. The van der Waals surface area contributed by atoms with E-state index in [1.807, 2.05) is 60.7 Å². The van der Waals surface area contributed by atoms with E-state index in [4.69, 9.17) is 21.7 Å². The zero-order chi connectivity index (χ0) is 35.0. The number of hydrogen-bond acceptors (Lipinski definition) is 6. The molecule has 0 bridgehead atoms. The molecule has 2 heterocycles. The molecule has 0 spiro atoms. The number of nitrogens with zero attached hydrogens (tertiary/aromatic N) is 2. The molecule has 0 saturated heterocycles. The number of benzene rings is 4. The fourth-order valence-electron chi connectivity index (χ4n) is 5.81. The highest BCUT2D eigenvalue weighted by atomic mass is 79.9. The number of hydrazone groups is 1. The van der Waals surface area contributed by atoms with Crippen molar-refractivity contribution < 1.29 is 19.1 Å². The fourth-order valence-corrected chi connectivity index (χ4v) is 6.34. The Morgan fingerprint density at radius 1 is 0.940 bits per heavy atom. The first-order valence-electron chi connectivity index (χ1n) is 16.0. The summed E-state index contributed by atoms with van der Waals surface area (Å²) in [6, 6.07) is 36.9. The van der Waals surface area contributed by atoms with Gasteiger partial charge in [0, 0.05) is 27.0 Å². The van der Waals surface area contributed by atoms with Gasteiger partial charge in [0.25, 0.3) is 5.91 Å². The highest BCUT2D eigenvalue weighted by molar-refractivity contribution is 9.10. The number of hydrogen-bond donors (Lipinski definition) is 3. The molecule has 0 fully saturated rings. The highest BCUT2D eigenvalue weighted by Crippen LogP contribution is 2.36. The van der Waals surface area contributed by atoms with Gasteiger partial charge in [-0.05, 0) is 73.6 Å². The molecule has 6 rings (SSSR count). The van der Waals surface area contributed by atoms with Gasteiger partial charge in [0.1, 0.15) is 5.75 Å². The molecule has 50 heavy (non-hydrogen) atoms. The van der Waals surface area contributed by atoms with Crippen LogP contribution in [0.3, 0.4) is 0 Å². The van der Waals surface area contributed by atoms with Gasteiger partial charge < -0.3 is 24.7 Å². The Bertz CT molecular complexity index is 2080. The lowest BCUT2D eigenvalue weighted by atomic mass is 9.95. The third-order valence-corrected chi connectivity index (χ3v) is 8.73. The van der Waals surface area contributed by atoms with E-state index in [0.29, 0.717) is 27.7 Å². The van der Waals surface area contributed by atoms with E-state index in [9.17, 15) is 9.59 Å². The topological polar surface area (TPSA) is 106 Å². The second kappa shape index (κ2) is 15.8. The van der Waals surface area contributed by atoms with Gasteiger partial charge in [0.2, 0.25) is 0 Å². The maximum atomic E-state index is 13.1. The van der Waals surface area contributed by atoms with Crippen molar-refractivity contribution in [3.05, 3.63) is 142 Å². The Morgan fingerprint density at radius 3 is 2.30 bits per heavy atom. The predicted molar refractivity (Wildman–Crippen MR) is 203 cm³/mol. The van der Waals surface area contributed by atoms with Crippen molar-refractivity contribution in [1.29, 1.82) is 0 Å². The Hall–Kier alpha value is -5.52. The first-order valence-corrected chi connectivity index (χ1v) is 17.2. The molecule has 0 aliphatic carbocycles. The lowest BCUT2D eigenvalue weighted by Crippen LogP contribution is -2.45. The van der Waals surface area contributed by atoms with Gasteiger partial charge in [0.15, 0.2) is 11.7 Å². The van der Waals surface area contributed by atoms with Crippen molar-refractivity contribution in [3.63, 3.8) is 0 Å². The first kappa shape index (κ1) is 34.3. The molecular weight excluding hydrogens is 714 g/mol.